The van der Waals surface area contributed by atoms with Gasteiger partial charge in [-0.25, -0.2) is 0 Å². The van der Waals surface area contributed by atoms with Gasteiger partial charge in [-0.1, -0.05) is 62.3 Å². The van der Waals surface area contributed by atoms with E-state index in [2.05, 4.69) is 113 Å². The number of hydrogen-bond acceptors (Lipinski definition) is 9. The fourth-order valence-electron chi connectivity index (χ4n) is 13.5. The largest absolute Gasteiger partial charge is 0.493 e. The molecule has 6 aliphatic rings. The average molecular weight is 952 g/mol. The molecule has 6 aliphatic heterocycles. The summed E-state index contributed by atoms with van der Waals surface area (Å²) in [6.45, 7) is 28.7. The van der Waals surface area contributed by atoms with E-state index in [9.17, 15) is 0 Å². The van der Waals surface area contributed by atoms with E-state index in [1.54, 1.807) is 42.7 Å². The van der Waals surface area contributed by atoms with E-state index < -0.39 is 0 Å². The number of ether oxygens (including phenoxy) is 6. The number of nitrogens with zero attached hydrogens (tertiary/aromatic N) is 3. The Kier molecular flexibility index (Phi) is 18.3. The van der Waals surface area contributed by atoms with Crippen molar-refractivity contribution >= 4 is 0 Å². The molecule has 3 aromatic rings. The molecule has 3 unspecified atom stereocenters. The highest BCUT2D eigenvalue weighted by Gasteiger charge is 2.40. The zero-order valence-corrected chi connectivity index (χ0v) is 45.8. The molecule has 0 aliphatic carbocycles. The van der Waals surface area contributed by atoms with Crippen molar-refractivity contribution < 1.29 is 28.4 Å². The molecule has 384 valence electrons. The number of methoxy groups -OCH3 is 6. The monoisotopic (exact) mass is 952 g/mol. The minimum absolute atomic E-state index is 0.553. The second-order valence-corrected chi connectivity index (χ2v) is 23.3. The second-order valence-electron chi connectivity index (χ2n) is 23.3. The summed E-state index contributed by atoms with van der Waals surface area (Å²) in [6, 6.07) is 14.9. The molecule has 0 saturated carbocycles. The second kappa shape index (κ2) is 23.7. The maximum atomic E-state index is 5.54. The lowest BCUT2D eigenvalue weighted by Gasteiger charge is -2.47. The van der Waals surface area contributed by atoms with Crippen LogP contribution in [0.15, 0.2) is 36.4 Å². The van der Waals surface area contributed by atoms with Crippen LogP contribution in [0.25, 0.3) is 0 Å². The molecule has 0 bridgehead atoms. The topological polar surface area (TPSA) is 65.1 Å². The highest BCUT2D eigenvalue weighted by atomic mass is 16.5. The van der Waals surface area contributed by atoms with Crippen LogP contribution in [0.2, 0.25) is 0 Å². The van der Waals surface area contributed by atoms with E-state index in [1.807, 2.05) is 0 Å². The van der Waals surface area contributed by atoms with Gasteiger partial charge in [-0.05, 0) is 181 Å². The van der Waals surface area contributed by atoms with Gasteiger partial charge >= 0.3 is 0 Å². The molecular weight excluding hydrogens is 859 g/mol. The zero-order chi connectivity index (χ0) is 49.7. The van der Waals surface area contributed by atoms with Crippen molar-refractivity contribution in [3.05, 3.63) is 69.8 Å². The van der Waals surface area contributed by atoms with Crippen LogP contribution in [0.4, 0.5) is 0 Å². The van der Waals surface area contributed by atoms with Gasteiger partial charge in [-0.3, -0.25) is 14.7 Å². The normalized spacial score (nSPS) is 27.5. The van der Waals surface area contributed by atoms with Crippen LogP contribution in [-0.4, -0.2) is 96.6 Å². The summed E-state index contributed by atoms with van der Waals surface area (Å²) in [5.41, 5.74) is 8.71. The predicted octanol–water partition coefficient (Wildman–Crippen LogP) is 12.9. The van der Waals surface area contributed by atoms with Gasteiger partial charge in [0.25, 0.3) is 0 Å². The molecule has 0 radical (unpaired) electrons. The minimum Gasteiger partial charge on any atom is -0.493 e. The first-order valence-electron chi connectivity index (χ1n) is 27.1. The van der Waals surface area contributed by atoms with Gasteiger partial charge in [0.15, 0.2) is 34.5 Å². The van der Waals surface area contributed by atoms with Crippen molar-refractivity contribution in [3.8, 4) is 34.5 Å². The lowest BCUT2D eigenvalue weighted by atomic mass is 9.75. The van der Waals surface area contributed by atoms with Crippen LogP contribution in [0.5, 0.6) is 34.5 Å². The maximum Gasteiger partial charge on any atom is 0.161 e. The molecule has 9 rings (SSSR count). The van der Waals surface area contributed by atoms with Crippen molar-refractivity contribution in [2.75, 3.05) is 81.9 Å². The summed E-state index contributed by atoms with van der Waals surface area (Å²) in [7, 11) is 10.3. The van der Waals surface area contributed by atoms with E-state index in [1.165, 1.54) is 111 Å². The van der Waals surface area contributed by atoms with E-state index >= 15 is 0 Å². The van der Waals surface area contributed by atoms with Crippen LogP contribution in [0.3, 0.4) is 0 Å². The summed E-state index contributed by atoms with van der Waals surface area (Å²) >= 11 is 0. The van der Waals surface area contributed by atoms with Crippen LogP contribution in [0, 0.1) is 53.3 Å². The summed E-state index contributed by atoms with van der Waals surface area (Å²) < 4.78 is 33.1. The molecule has 6 heterocycles. The van der Waals surface area contributed by atoms with Gasteiger partial charge in [0.1, 0.15) is 0 Å². The average Bonchev–Trinajstić information content (AvgIpc) is 3.33. The molecular formula is C60H93N3O6. The third-order valence-corrected chi connectivity index (χ3v) is 17.3. The molecule has 0 spiro atoms. The molecule has 3 aromatic carbocycles. The first kappa shape index (κ1) is 53.1. The number of hydrogen-bond donors (Lipinski definition) is 0. The van der Waals surface area contributed by atoms with Crippen LogP contribution >= 0.6 is 0 Å². The summed E-state index contributed by atoms with van der Waals surface area (Å²) in [4.78, 5) is 8.13. The quantitative estimate of drug-likeness (QED) is 0.177. The molecule has 9 nitrogen and oxygen atoms in total. The molecule has 3 saturated heterocycles. The number of rotatable bonds is 12. The number of piperidine rings is 3. The summed E-state index contributed by atoms with van der Waals surface area (Å²) in [5.74, 6) is 12.5. The lowest BCUT2D eigenvalue weighted by molar-refractivity contribution is 0.0515. The van der Waals surface area contributed by atoms with Crippen LogP contribution < -0.4 is 28.4 Å². The fourth-order valence-corrected chi connectivity index (χ4v) is 13.5. The fraction of sp³-hybridized carbons (Fsp3) is 0.700. The highest BCUT2D eigenvalue weighted by molar-refractivity contribution is 5.52. The molecule has 0 amide bonds. The highest BCUT2D eigenvalue weighted by Crippen LogP contribution is 2.48. The SMILES string of the molecule is COc1cc2c(cc1OC)C1CC(C)C(CC(C)C)CN1CC2.COc1cc2c(cc1OC)[C@@H]1C[C@H](C)[C@@H](CC(C)C)CN1CC2.COc1cc2c(cc1OC)[C@H]1C[C@@H](C)[C@H](CC(C)C)CN1CC2. The number of fused-ring (bicyclic) bond motifs is 9. The van der Waals surface area contributed by atoms with Crippen molar-refractivity contribution in [1.29, 1.82) is 0 Å². The standard InChI is InChI=1S/3C20H31NO2/c3*1-13(2)8-16-12-21-7-6-15-10-19(22-4)20(23-5)11-17(15)18(21)9-14(16)3/h3*10-11,13-14,16,18H,6-9,12H2,1-5H3/t2*14-,16-,18-;/m10./s1. The van der Waals surface area contributed by atoms with Gasteiger partial charge in [-0.15, -0.1) is 0 Å². The Hall–Kier alpha value is -3.66. The van der Waals surface area contributed by atoms with Crippen molar-refractivity contribution in [3.63, 3.8) is 0 Å². The lowest BCUT2D eigenvalue weighted by Crippen LogP contribution is -2.45. The molecule has 3 fully saturated rings. The third kappa shape index (κ3) is 12.2. The summed E-state index contributed by atoms with van der Waals surface area (Å²) in [5, 5.41) is 0. The van der Waals surface area contributed by atoms with Crippen molar-refractivity contribution in [2.24, 2.45) is 53.3 Å². The molecule has 0 N–H and O–H groups in total. The van der Waals surface area contributed by atoms with Gasteiger partial charge in [0.05, 0.1) is 42.7 Å². The predicted molar refractivity (Wildman–Crippen MR) is 283 cm³/mol. The third-order valence-electron chi connectivity index (χ3n) is 17.3. The van der Waals surface area contributed by atoms with Gasteiger partial charge in [0.2, 0.25) is 0 Å². The van der Waals surface area contributed by atoms with Crippen LogP contribution in [-0.2, 0) is 19.3 Å². The van der Waals surface area contributed by atoms with E-state index in [0.29, 0.717) is 18.1 Å². The van der Waals surface area contributed by atoms with Gasteiger partial charge in [0, 0.05) is 57.4 Å². The molecule has 69 heavy (non-hydrogen) atoms. The Balaban J connectivity index is 0.000000153. The maximum absolute atomic E-state index is 5.54. The van der Waals surface area contributed by atoms with E-state index in [0.717, 1.165) is 107 Å². The minimum atomic E-state index is 0.553. The Labute approximate surface area is 419 Å². The Morgan fingerprint density at radius 3 is 0.841 bits per heavy atom. The molecule has 9 heteroatoms. The number of benzene rings is 3. The summed E-state index contributed by atoms with van der Waals surface area (Å²) in [6.07, 6.45) is 11.2. The Morgan fingerprint density at radius 1 is 0.391 bits per heavy atom. The first-order valence-corrected chi connectivity index (χ1v) is 27.1. The van der Waals surface area contributed by atoms with Crippen LogP contribution in [0.1, 0.15) is 152 Å². The molecule has 0 aromatic heterocycles. The molecule has 9 atom stereocenters. The van der Waals surface area contributed by atoms with Gasteiger partial charge in [-0.2, -0.15) is 0 Å². The van der Waals surface area contributed by atoms with Crippen molar-refractivity contribution in [2.45, 2.75) is 138 Å². The first-order chi connectivity index (χ1) is 33.1. The van der Waals surface area contributed by atoms with Crippen molar-refractivity contribution in [1.82, 2.24) is 14.7 Å². The Morgan fingerprint density at radius 2 is 0.623 bits per heavy atom. The zero-order valence-electron chi connectivity index (χ0n) is 45.8. The smallest absolute Gasteiger partial charge is 0.161 e. The van der Waals surface area contributed by atoms with E-state index in [4.69, 9.17) is 28.4 Å². The van der Waals surface area contributed by atoms with E-state index in [-0.39, 0.29) is 0 Å². The Bertz CT molecular complexity index is 1900. The van der Waals surface area contributed by atoms with Gasteiger partial charge < -0.3 is 28.4 Å².